The van der Waals surface area contributed by atoms with Crippen LogP contribution in [0.25, 0.3) is 0 Å². The Morgan fingerprint density at radius 2 is 1.78 bits per heavy atom. The van der Waals surface area contributed by atoms with Gasteiger partial charge in [0.1, 0.15) is 22.8 Å². The van der Waals surface area contributed by atoms with Gasteiger partial charge in [-0.1, -0.05) is 37.8 Å². The fraction of sp³-hybridized carbons (Fsp3) is 0.448. The zero-order valence-electron chi connectivity index (χ0n) is 24.4. The highest BCUT2D eigenvalue weighted by atomic mass is 32.2. The van der Waals surface area contributed by atoms with E-state index in [1.54, 1.807) is 57.2 Å². The Kier molecular flexibility index (Phi) is 10.5. The van der Waals surface area contributed by atoms with E-state index in [-0.39, 0.29) is 12.3 Å². The van der Waals surface area contributed by atoms with Gasteiger partial charge in [-0.05, 0) is 62.7 Å². The number of carbonyl (C=O) groups excluding carboxylic acids is 4. The predicted octanol–water partition coefficient (Wildman–Crippen LogP) is 4.99. The van der Waals surface area contributed by atoms with Crippen molar-refractivity contribution in [3.05, 3.63) is 59.7 Å². The molecule has 0 saturated carbocycles. The summed E-state index contributed by atoms with van der Waals surface area (Å²) in [7, 11) is -1.35. The number of benzene rings is 2. The van der Waals surface area contributed by atoms with Crippen molar-refractivity contribution in [2.75, 3.05) is 24.2 Å². The summed E-state index contributed by atoms with van der Waals surface area (Å²) >= 11 is 1.37. The number of rotatable bonds is 9. The number of thioether (sulfide) groups is 1. The van der Waals surface area contributed by atoms with E-state index in [0.717, 1.165) is 6.04 Å². The molecule has 1 saturated heterocycles. The van der Waals surface area contributed by atoms with Gasteiger partial charge >= 0.3 is 18.0 Å². The van der Waals surface area contributed by atoms with Gasteiger partial charge in [-0.25, -0.2) is 14.4 Å². The summed E-state index contributed by atoms with van der Waals surface area (Å²) in [6.07, 6.45) is 0. The topological polar surface area (TPSA) is 134 Å². The number of nitrogens with zero attached hydrogens (tertiary/aromatic N) is 1. The number of aromatic hydroxyl groups is 1. The molecular weight excluding hydrogens is 562 g/mol. The molecule has 10 nitrogen and oxygen atoms in total. The highest BCUT2D eigenvalue weighted by molar-refractivity contribution is 7.99. The molecule has 3 rings (SSSR count). The molecule has 1 heterocycles. The van der Waals surface area contributed by atoms with Crippen LogP contribution < -0.4 is 10.6 Å². The van der Waals surface area contributed by atoms with Crippen LogP contribution >= 0.6 is 11.8 Å². The summed E-state index contributed by atoms with van der Waals surface area (Å²) < 4.78 is 10.9. The van der Waals surface area contributed by atoms with E-state index in [1.165, 1.54) is 28.8 Å². The number of phenolic OH excluding ortho intramolecular Hbond substituents is 1. The second kappa shape index (κ2) is 13.4. The summed E-state index contributed by atoms with van der Waals surface area (Å²) in [4.78, 5) is 52.9. The maximum absolute atomic E-state index is 13.4. The number of anilines is 1. The fourth-order valence-corrected chi connectivity index (χ4v) is 6.12. The Balaban J connectivity index is 1.65. The molecule has 0 unspecified atom stereocenters. The molecule has 2 aromatic carbocycles. The van der Waals surface area contributed by atoms with Crippen LogP contribution in [0.4, 0.5) is 10.5 Å². The summed E-state index contributed by atoms with van der Waals surface area (Å²) in [6.45, 7) is 11.8. The van der Waals surface area contributed by atoms with Gasteiger partial charge in [0, 0.05) is 19.5 Å². The molecule has 1 aliphatic rings. The molecule has 0 aromatic heterocycles. The average molecular weight is 602 g/mol. The van der Waals surface area contributed by atoms with Gasteiger partial charge in [0.2, 0.25) is 5.91 Å². The number of nitrogens with one attached hydrogen (secondary N) is 2. The molecule has 12 heteroatoms. The maximum Gasteiger partial charge on any atom is 0.338 e. The Morgan fingerprint density at radius 1 is 1.07 bits per heavy atom. The van der Waals surface area contributed by atoms with Crippen molar-refractivity contribution >= 4 is 49.4 Å². The minimum Gasteiger partial charge on any atom is -0.508 e. The lowest BCUT2D eigenvalue weighted by Crippen LogP contribution is -2.49. The van der Waals surface area contributed by atoms with Gasteiger partial charge in [-0.2, -0.15) is 0 Å². The van der Waals surface area contributed by atoms with Crippen LogP contribution in [-0.2, 0) is 19.1 Å². The van der Waals surface area contributed by atoms with Gasteiger partial charge < -0.3 is 30.1 Å². The minimum absolute atomic E-state index is 0.0379. The van der Waals surface area contributed by atoms with Crippen molar-refractivity contribution in [1.82, 2.24) is 10.2 Å². The Morgan fingerprint density at radius 3 is 2.44 bits per heavy atom. The molecule has 41 heavy (non-hydrogen) atoms. The molecule has 222 valence electrons. The summed E-state index contributed by atoms with van der Waals surface area (Å²) in [5, 5.41) is 14.6. The average Bonchev–Trinajstić information content (AvgIpc) is 3.31. The summed E-state index contributed by atoms with van der Waals surface area (Å²) in [6, 6.07) is 12.2. The lowest BCUT2D eigenvalue weighted by atomic mass is 10.1. The van der Waals surface area contributed by atoms with Crippen LogP contribution in [0.2, 0.25) is 25.7 Å². The van der Waals surface area contributed by atoms with Gasteiger partial charge in [0.05, 0.1) is 18.7 Å². The van der Waals surface area contributed by atoms with Crippen molar-refractivity contribution < 1.29 is 33.8 Å². The van der Waals surface area contributed by atoms with Crippen molar-refractivity contribution in [2.24, 2.45) is 0 Å². The Hall–Kier alpha value is -3.51. The first kappa shape index (κ1) is 32.0. The van der Waals surface area contributed by atoms with Gasteiger partial charge in [0.25, 0.3) is 0 Å². The molecule has 1 fully saturated rings. The van der Waals surface area contributed by atoms with Gasteiger partial charge in [-0.15, -0.1) is 11.8 Å². The molecular formula is C29H39N3O7SSi. The molecule has 3 amide bonds. The highest BCUT2D eigenvalue weighted by Crippen LogP contribution is 2.42. The van der Waals surface area contributed by atoms with Crippen molar-refractivity contribution in [2.45, 2.75) is 63.5 Å². The molecule has 1 aliphatic heterocycles. The molecule has 2 aromatic rings. The molecule has 0 spiro atoms. The lowest BCUT2D eigenvalue weighted by Gasteiger charge is -2.30. The van der Waals surface area contributed by atoms with Crippen molar-refractivity contribution in [3.63, 3.8) is 0 Å². The van der Waals surface area contributed by atoms with E-state index in [9.17, 15) is 24.3 Å². The minimum atomic E-state index is -1.35. The monoisotopic (exact) mass is 601 g/mol. The highest BCUT2D eigenvalue weighted by Gasteiger charge is 2.44. The normalized spacial score (nSPS) is 17.1. The first-order chi connectivity index (χ1) is 19.1. The summed E-state index contributed by atoms with van der Waals surface area (Å²) in [5.74, 6) is -1.17. The van der Waals surface area contributed by atoms with E-state index >= 15 is 0 Å². The predicted molar refractivity (Wildman–Crippen MR) is 162 cm³/mol. The summed E-state index contributed by atoms with van der Waals surface area (Å²) in [5.41, 5.74) is 0.563. The molecule has 2 atom stereocenters. The maximum atomic E-state index is 13.4. The zero-order valence-corrected chi connectivity index (χ0v) is 26.2. The number of amides is 3. The van der Waals surface area contributed by atoms with Crippen LogP contribution in [-0.4, -0.2) is 72.5 Å². The SMILES string of the molecule is CC(C)(C)OC(=O)[C@@H]1CS[C@H](c2cccc(O)c2)N1C(=O)CNC(=O)Nc1cccc(C(=O)OCC[Si](C)(C)C)c1. The number of hydrogen-bond acceptors (Lipinski definition) is 8. The van der Waals surface area contributed by atoms with Crippen LogP contribution in [0.15, 0.2) is 48.5 Å². The van der Waals surface area contributed by atoms with Crippen LogP contribution in [0.3, 0.4) is 0 Å². The van der Waals surface area contributed by atoms with E-state index in [4.69, 9.17) is 9.47 Å². The van der Waals surface area contributed by atoms with Crippen LogP contribution in [0, 0.1) is 0 Å². The number of hydrogen-bond donors (Lipinski definition) is 3. The third-order valence-electron chi connectivity index (χ3n) is 5.96. The fourth-order valence-electron chi connectivity index (χ4n) is 3.98. The largest absolute Gasteiger partial charge is 0.508 e. The van der Waals surface area contributed by atoms with Gasteiger partial charge in [0.15, 0.2) is 0 Å². The second-order valence-corrected chi connectivity index (χ2v) is 18.7. The number of ether oxygens (including phenoxy) is 2. The van der Waals surface area contributed by atoms with E-state index < -0.39 is 49.0 Å². The van der Waals surface area contributed by atoms with Crippen molar-refractivity contribution in [1.29, 1.82) is 0 Å². The number of esters is 2. The van der Waals surface area contributed by atoms with E-state index in [0.29, 0.717) is 29.2 Å². The smallest absolute Gasteiger partial charge is 0.338 e. The van der Waals surface area contributed by atoms with Crippen LogP contribution in [0.5, 0.6) is 5.75 Å². The van der Waals surface area contributed by atoms with Crippen LogP contribution in [0.1, 0.15) is 42.1 Å². The Labute approximate surface area is 246 Å². The van der Waals surface area contributed by atoms with Crippen molar-refractivity contribution in [3.8, 4) is 5.75 Å². The lowest BCUT2D eigenvalue weighted by molar-refractivity contribution is -0.163. The number of carbonyl (C=O) groups is 4. The molecule has 3 N–H and O–H groups in total. The Bertz CT molecular complexity index is 1280. The third kappa shape index (κ3) is 9.82. The van der Waals surface area contributed by atoms with E-state index in [1.807, 2.05) is 0 Å². The molecule has 0 bridgehead atoms. The quantitative estimate of drug-likeness (QED) is 0.270. The van der Waals surface area contributed by atoms with Gasteiger partial charge in [-0.3, -0.25) is 4.79 Å². The number of urea groups is 1. The first-order valence-corrected chi connectivity index (χ1v) is 18.2. The number of phenols is 1. The first-order valence-electron chi connectivity index (χ1n) is 13.4. The molecule has 0 aliphatic carbocycles. The third-order valence-corrected chi connectivity index (χ3v) is 8.99. The zero-order chi connectivity index (χ0) is 30.4. The van der Waals surface area contributed by atoms with E-state index in [2.05, 4.69) is 30.3 Å². The second-order valence-electron chi connectivity index (χ2n) is 12.0. The standard InChI is InChI=1S/C29H39N3O7SSi/c1-29(2,3)39-27(36)23-18-40-25(19-9-8-12-22(33)16-19)32(23)24(34)17-30-28(37)31-21-11-7-10-20(15-21)26(35)38-13-14-41(4,5)6/h7-12,15-16,23,25,33H,13-14,17-18H2,1-6H3,(H2,30,31,37)/t23-,25+/m0/s1. The molecule has 0 radical (unpaired) electrons.